The topological polar surface area (TPSA) is 87.4 Å². The van der Waals surface area contributed by atoms with E-state index in [1.807, 2.05) is 4.68 Å². The second-order valence-corrected chi connectivity index (χ2v) is 6.63. The number of amides is 1. The molecule has 0 saturated heterocycles. The van der Waals surface area contributed by atoms with Crippen LogP contribution in [0.4, 0.5) is 0 Å². The molecule has 0 unspecified atom stereocenters. The minimum Gasteiger partial charge on any atom is -0.508 e. The molecule has 0 spiro atoms. The highest BCUT2D eigenvalue weighted by molar-refractivity contribution is 5.95. The van der Waals surface area contributed by atoms with E-state index in [1.54, 1.807) is 6.20 Å². The minimum atomic E-state index is -0.199. The third kappa shape index (κ3) is 3.78. The zero-order valence-electron chi connectivity index (χ0n) is 14.5. The molecule has 0 atom stereocenters. The van der Waals surface area contributed by atoms with Crippen molar-refractivity contribution in [2.75, 3.05) is 0 Å². The molecule has 1 aliphatic carbocycles. The Morgan fingerprint density at radius 2 is 2.08 bits per heavy atom. The molecule has 3 rings (SSSR count). The van der Waals surface area contributed by atoms with Gasteiger partial charge in [-0.3, -0.25) is 9.48 Å². The van der Waals surface area contributed by atoms with Crippen LogP contribution in [0.2, 0.25) is 0 Å². The molecule has 25 heavy (non-hydrogen) atoms. The summed E-state index contributed by atoms with van der Waals surface area (Å²) in [6, 6.07) is 4.67. The average Bonchev–Trinajstić information content (AvgIpc) is 3.25. The fraction of sp³-hybridized carbons (Fsp3) is 0.474. The lowest BCUT2D eigenvalue weighted by Crippen LogP contribution is -2.24. The maximum Gasteiger partial charge on any atom is 0.255 e. The Morgan fingerprint density at radius 3 is 2.80 bits per heavy atom. The monoisotopic (exact) mass is 343 g/mol. The summed E-state index contributed by atoms with van der Waals surface area (Å²) in [5.74, 6) is -0.0910. The molecule has 3 N–H and O–H groups in total. The summed E-state index contributed by atoms with van der Waals surface area (Å²) < 4.78 is 2.04. The van der Waals surface area contributed by atoms with Crippen LogP contribution in [0.1, 0.15) is 66.7 Å². The molecule has 0 aliphatic heterocycles. The Morgan fingerprint density at radius 1 is 1.32 bits per heavy atom. The SMILES string of the molecule is CCCc1c(C(=O)NCc2cc(O)ccc2O)cnn1C1CCCC1. The van der Waals surface area contributed by atoms with E-state index in [9.17, 15) is 15.0 Å². The molecule has 1 aromatic carbocycles. The van der Waals surface area contributed by atoms with Gasteiger partial charge in [0.05, 0.1) is 23.5 Å². The first-order valence-electron chi connectivity index (χ1n) is 8.95. The van der Waals surface area contributed by atoms with Gasteiger partial charge in [-0.25, -0.2) is 0 Å². The van der Waals surface area contributed by atoms with Crippen LogP contribution in [-0.4, -0.2) is 25.9 Å². The Hall–Kier alpha value is -2.50. The molecule has 2 aromatic rings. The molecule has 134 valence electrons. The summed E-state index contributed by atoms with van der Waals surface area (Å²) in [5, 5.41) is 26.7. The minimum absolute atomic E-state index is 0.0496. The van der Waals surface area contributed by atoms with Crippen molar-refractivity contribution in [3.63, 3.8) is 0 Å². The van der Waals surface area contributed by atoms with Gasteiger partial charge >= 0.3 is 0 Å². The number of hydrogen-bond donors (Lipinski definition) is 3. The quantitative estimate of drug-likeness (QED) is 0.702. The summed E-state index contributed by atoms with van der Waals surface area (Å²) in [7, 11) is 0. The van der Waals surface area contributed by atoms with E-state index in [1.165, 1.54) is 31.0 Å². The average molecular weight is 343 g/mol. The number of carbonyl (C=O) groups is 1. The van der Waals surface area contributed by atoms with Gasteiger partial charge in [0.2, 0.25) is 0 Å². The predicted octanol–water partition coefficient (Wildman–Crippen LogP) is 3.29. The summed E-state index contributed by atoms with van der Waals surface area (Å²) >= 11 is 0. The Kier molecular flexibility index (Phi) is 5.26. The van der Waals surface area contributed by atoms with Gasteiger partial charge in [-0.05, 0) is 37.5 Å². The zero-order chi connectivity index (χ0) is 17.8. The fourth-order valence-corrected chi connectivity index (χ4v) is 3.51. The van der Waals surface area contributed by atoms with Gasteiger partial charge in [0.15, 0.2) is 0 Å². The summed E-state index contributed by atoms with van der Waals surface area (Å²) in [6.07, 6.45) is 8.10. The number of rotatable bonds is 6. The first-order valence-corrected chi connectivity index (χ1v) is 8.95. The maximum atomic E-state index is 12.6. The van der Waals surface area contributed by atoms with Crippen LogP contribution in [0, 0.1) is 0 Å². The van der Waals surface area contributed by atoms with E-state index in [4.69, 9.17) is 0 Å². The zero-order valence-corrected chi connectivity index (χ0v) is 14.5. The second-order valence-electron chi connectivity index (χ2n) is 6.63. The molecule has 1 aliphatic rings. The van der Waals surface area contributed by atoms with Gasteiger partial charge in [-0.1, -0.05) is 26.2 Å². The van der Waals surface area contributed by atoms with Crippen molar-refractivity contribution in [3.05, 3.63) is 41.2 Å². The summed E-state index contributed by atoms with van der Waals surface area (Å²) in [4.78, 5) is 12.6. The van der Waals surface area contributed by atoms with Crippen LogP contribution in [0.15, 0.2) is 24.4 Å². The first kappa shape index (κ1) is 17.3. The van der Waals surface area contributed by atoms with Crippen LogP contribution >= 0.6 is 0 Å². The van der Waals surface area contributed by atoms with E-state index in [-0.39, 0.29) is 24.0 Å². The third-order valence-electron chi connectivity index (χ3n) is 4.80. The van der Waals surface area contributed by atoms with E-state index in [0.717, 1.165) is 31.4 Å². The first-order chi connectivity index (χ1) is 12.1. The van der Waals surface area contributed by atoms with E-state index in [2.05, 4.69) is 17.3 Å². The van der Waals surface area contributed by atoms with Crippen LogP contribution in [0.25, 0.3) is 0 Å². The molecule has 1 fully saturated rings. The highest BCUT2D eigenvalue weighted by Crippen LogP contribution is 2.31. The highest BCUT2D eigenvalue weighted by Gasteiger charge is 2.24. The maximum absolute atomic E-state index is 12.6. The lowest BCUT2D eigenvalue weighted by Gasteiger charge is -2.15. The largest absolute Gasteiger partial charge is 0.508 e. The van der Waals surface area contributed by atoms with Crippen LogP contribution in [-0.2, 0) is 13.0 Å². The van der Waals surface area contributed by atoms with Gasteiger partial charge in [0.1, 0.15) is 11.5 Å². The van der Waals surface area contributed by atoms with Gasteiger partial charge in [0.25, 0.3) is 5.91 Å². The lowest BCUT2D eigenvalue weighted by molar-refractivity contribution is 0.0949. The van der Waals surface area contributed by atoms with Crippen molar-refractivity contribution in [2.45, 2.75) is 58.0 Å². The van der Waals surface area contributed by atoms with Crippen molar-refractivity contribution in [1.82, 2.24) is 15.1 Å². The standard InChI is InChI=1S/C19H25N3O3/c1-2-5-17-16(12-21-22(17)14-6-3-4-7-14)19(25)20-11-13-10-15(23)8-9-18(13)24/h8-10,12,14,23-24H,2-7,11H2,1H3,(H,20,25). The Labute approximate surface area is 147 Å². The molecule has 0 bridgehead atoms. The number of nitrogens with zero attached hydrogens (tertiary/aromatic N) is 2. The number of phenols is 2. The van der Waals surface area contributed by atoms with Crippen LogP contribution < -0.4 is 5.32 Å². The van der Waals surface area contributed by atoms with Crippen molar-refractivity contribution in [1.29, 1.82) is 0 Å². The number of nitrogens with one attached hydrogen (secondary N) is 1. The Balaban J connectivity index is 1.76. The van der Waals surface area contributed by atoms with Gasteiger partial charge in [-0.2, -0.15) is 5.10 Å². The normalized spacial score (nSPS) is 14.8. The number of aromatic nitrogens is 2. The van der Waals surface area contributed by atoms with Crippen molar-refractivity contribution >= 4 is 5.91 Å². The molecule has 1 heterocycles. The molecule has 6 nitrogen and oxygen atoms in total. The van der Waals surface area contributed by atoms with Gasteiger partial charge in [0, 0.05) is 12.1 Å². The molecule has 1 amide bonds. The number of hydrogen-bond acceptors (Lipinski definition) is 4. The van der Waals surface area contributed by atoms with Crippen molar-refractivity contribution < 1.29 is 15.0 Å². The molecule has 1 aromatic heterocycles. The number of benzene rings is 1. The van der Waals surface area contributed by atoms with E-state index in [0.29, 0.717) is 17.2 Å². The summed E-state index contributed by atoms with van der Waals surface area (Å²) in [6.45, 7) is 2.25. The van der Waals surface area contributed by atoms with E-state index < -0.39 is 0 Å². The number of carbonyl (C=O) groups excluding carboxylic acids is 1. The molecule has 0 radical (unpaired) electrons. The van der Waals surface area contributed by atoms with Crippen molar-refractivity contribution in [2.24, 2.45) is 0 Å². The van der Waals surface area contributed by atoms with Crippen molar-refractivity contribution in [3.8, 4) is 11.5 Å². The number of phenolic OH excluding ortho intramolecular Hbond substituents is 2. The second kappa shape index (κ2) is 7.59. The predicted molar refractivity (Wildman–Crippen MR) is 94.7 cm³/mol. The highest BCUT2D eigenvalue weighted by atomic mass is 16.3. The lowest BCUT2D eigenvalue weighted by atomic mass is 10.1. The molecular weight excluding hydrogens is 318 g/mol. The van der Waals surface area contributed by atoms with E-state index >= 15 is 0 Å². The molecular formula is C19H25N3O3. The molecule has 6 heteroatoms. The molecule has 1 saturated carbocycles. The summed E-state index contributed by atoms with van der Waals surface area (Å²) in [5.41, 5.74) is 2.08. The number of aromatic hydroxyl groups is 2. The fourth-order valence-electron chi connectivity index (χ4n) is 3.51. The van der Waals surface area contributed by atoms with Gasteiger partial charge < -0.3 is 15.5 Å². The smallest absolute Gasteiger partial charge is 0.255 e. The van der Waals surface area contributed by atoms with Crippen LogP contribution in [0.5, 0.6) is 11.5 Å². The Bertz CT molecular complexity index is 748. The van der Waals surface area contributed by atoms with Crippen LogP contribution in [0.3, 0.4) is 0 Å². The third-order valence-corrected chi connectivity index (χ3v) is 4.80. The van der Waals surface area contributed by atoms with Gasteiger partial charge in [-0.15, -0.1) is 0 Å².